The Bertz CT molecular complexity index is 976. The van der Waals surface area contributed by atoms with Crippen LogP contribution in [0.4, 0.5) is 5.82 Å². The number of benzene rings is 2. The molecule has 2 aromatic carbocycles. The molecule has 2 N–H and O–H groups in total. The molecule has 31 heavy (non-hydrogen) atoms. The van der Waals surface area contributed by atoms with Crippen molar-refractivity contribution in [2.45, 2.75) is 38.1 Å². The highest BCUT2D eigenvalue weighted by molar-refractivity contribution is 5.83. The molecule has 1 fully saturated rings. The molecule has 2 heterocycles. The molecule has 0 bridgehead atoms. The molecule has 1 amide bonds. The van der Waals surface area contributed by atoms with Crippen molar-refractivity contribution < 1.29 is 9.53 Å². The summed E-state index contributed by atoms with van der Waals surface area (Å²) in [4.78, 5) is 15.1. The van der Waals surface area contributed by atoms with Crippen molar-refractivity contribution in [2.75, 3.05) is 25.1 Å². The second-order valence-electron chi connectivity index (χ2n) is 8.01. The number of hydrogen-bond donors (Lipinski definition) is 2. The topological polar surface area (TPSA) is 70.2 Å². The number of hydrogen-bond acceptors (Lipinski definition) is 4. The molecule has 6 heteroatoms. The predicted molar refractivity (Wildman–Crippen MR) is 123 cm³/mol. The summed E-state index contributed by atoms with van der Waals surface area (Å²) < 4.78 is 5.23. The van der Waals surface area contributed by atoms with E-state index in [9.17, 15) is 4.79 Å². The van der Waals surface area contributed by atoms with Gasteiger partial charge in [0.15, 0.2) is 5.82 Å². The van der Waals surface area contributed by atoms with Gasteiger partial charge in [0.25, 0.3) is 0 Å². The highest BCUT2D eigenvalue weighted by Gasteiger charge is 2.25. The van der Waals surface area contributed by atoms with E-state index in [1.54, 1.807) is 7.11 Å². The normalized spacial score (nSPS) is 15.5. The van der Waals surface area contributed by atoms with E-state index < -0.39 is 0 Å². The summed E-state index contributed by atoms with van der Waals surface area (Å²) in [7, 11) is 1.67. The Morgan fingerprint density at radius 1 is 1.16 bits per heavy atom. The number of aromatic amines is 1. The van der Waals surface area contributed by atoms with E-state index >= 15 is 0 Å². The van der Waals surface area contributed by atoms with Crippen LogP contribution in [0.15, 0.2) is 60.7 Å². The zero-order valence-electron chi connectivity index (χ0n) is 18.2. The number of anilines is 1. The number of rotatable bonds is 7. The molecule has 1 aliphatic rings. The van der Waals surface area contributed by atoms with Crippen molar-refractivity contribution in [2.24, 2.45) is 0 Å². The van der Waals surface area contributed by atoms with Crippen LogP contribution in [0.1, 0.15) is 37.7 Å². The van der Waals surface area contributed by atoms with Crippen LogP contribution in [0.3, 0.4) is 0 Å². The fourth-order valence-electron chi connectivity index (χ4n) is 4.20. The highest BCUT2D eigenvalue weighted by Crippen LogP contribution is 2.26. The average Bonchev–Trinajstić information content (AvgIpc) is 3.31. The molecule has 0 unspecified atom stereocenters. The van der Waals surface area contributed by atoms with Gasteiger partial charge in [0.1, 0.15) is 5.75 Å². The monoisotopic (exact) mass is 418 g/mol. The average molecular weight is 419 g/mol. The van der Waals surface area contributed by atoms with Gasteiger partial charge in [-0.3, -0.25) is 9.89 Å². The van der Waals surface area contributed by atoms with Crippen LogP contribution in [0, 0.1) is 0 Å². The second-order valence-corrected chi connectivity index (χ2v) is 8.01. The van der Waals surface area contributed by atoms with Gasteiger partial charge >= 0.3 is 0 Å². The lowest BCUT2D eigenvalue weighted by Crippen LogP contribution is -2.46. The zero-order chi connectivity index (χ0) is 21.6. The fourth-order valence-corrected chi connectivity index (χ4v) is 4.20. The van der Waals surface area contributed by atoms with Crippen molar-refractivity contribution in [3.8, 4) is 17.0 Å². The molecule has 1 saturated heterocycles. The van der Waals surface area contributed by atoms with E-state index in [4.69, 9.17) is 4.74 Å². The van der Waals surface area contributed by atoms with Crippen molar-refractivity contribution >= 4 is 11.7 Å². The largest absolute Gasteiger partial charge is 0.497 e. The number of amides is 1. The van der Waals surface area contributed by atoms with Gasteiger partial charge in [0, 0.05) is 25.2 Å². The number of carbonyl (C=O) groups excluding carboxylic acids is 1. The lowest BCUT2D eigenvalue weighted by molar-refractivity contribution is -0.123. The Morgan fingerprint density at radius 2 is 1.87 bits per heavy atom. The van der Waals surface area contributed by atoms with Crippen LogP contribution in [-0.2, 0) is 4.79 Å². The molecule has 4 rings (SSSR count). The van der Waals surface area contributed by atoms with Crippen molar-refractivity contribution in [1.82, 2.24) is 15.5 Å². The zero-order valence-corrected chi connectivity index (χ0v) is 18.2. The van der Waals surface area contributed by atoms with Crippen LogP contribution < -0.4 is 15.0 Å². The first kappa shape index (κ1) is 21.0. The standard InChI is InChI=1S/C25H30N4O2/c1-3-22(18-7-5-4-6-8-18)25(30)26-20-13-15-29(16-14-20)24-17-23(27-28-24)19-9-11-21(31-2)12-10-19/h4-12,17,20,22H,3,13-16H2,1-2H3,(H,26,30)(H,27,28)/t22-/m0/s1. The highest BCUT2D eigenvalue weighted by atomic mass is 16.5. The maximum absolute atomic E-state index is 12.8. The van der Waals surface area contributed by atoms with E-state index in [2.05, 4.69) is 33.4 Å². The van der Waals surface area contributed by atoms with E-state index in [0.29, 0.717) is 0 Å². The molecule has 0 radical (unpaired) electrons. The van der Waals surface area contributed by atoms with Gasteiger partial charge < -0.3 is 15.0 Å². The van der Waals surface area contributed by atoms with Gasteiger partial charge in [-0.25, -0.2) is 0 Å². The third kappa shape index (κ3) is 4.90. The van der Waals surface area contributed by atoms with Gasteiger partial charge in [-0.2, -0.15) is 5.10 Å². The van der Waals surface area contributed by atoms with E-state index in [1.165, 1.54) is 0 Å². The summed E-state index contributed by atoms with van der Waals surface area (Å²) >= 11 is 0. The molecular weight excluding hydrogens is 388 g/mol. The van der Waals surface area contributed by atoms with Gasteiger partial charge in [-0.15, -0.1) is 0 Å². The van der Waals surface area contributed by atoms with Crippen LogP contribution in [0.25, 0.3) is 11.3 Å². The fraction of sp³-hybridized carbons (Fsp3) is 0.360. The SMILES string of the molecule is CC[C@H](C(=O)NC1CCN(c2cc(-c3ccc(OC)cc3)[nH]n2)CC1)c1ccccc1. The Kier molecular flexibility index (Phi) is 6.55. The summed E-state index contributed by atoms with van der Waals surface area (Å²) in [5.74, 6) is 1.84. The van der Waals surface area contributed by atoms with Crippen molar-refractivity contribution in [3.05, 3.63) is 66.2 Å². The molecule has 3 aromatic rings. The Labute approximate surface area is 183 Å². The summed E-state index contributed by atoms with van der Waals surface area (Å²) in [6.45, 7) is 3.82. The number of H-pyrrole nitrogens is 1. The summed E-state index contributed by atoms with van der Waals surface area (Å²) in [5, 5.41) is 10.9. The minimum atomic E-state index is -0.0855. The number of methoxy groups -OCH3 is 1. The summed E-state index contributed by atoms with van der Waals surface area (Å²) in [6, 6.07) is 20.3. The first-order chi connectivity index (χ1) is 15.2. The number of aromatic nitrogens is 2. The molecule has 1 aromatic heterocycles. The third-order valence-corrected chi connectivity index (χ3v) is 6.06. The number of nitrogens with zero attached hydrogens (tertiary/aromatic N) is 2. The number of nitrogens with one attached hydrogen (secondary N) is 2. The van der Waals surface area contributed by atoms with Crippen LogP contribution >= 0.6 is 0 Å². The van der Waals surface area contributed by atoms with Crippen LogP contribution in [0.2, 0.25) is 0 Å². The minimum absolute atomic E-state index is 0.0855. The summed E-state index contributed by atoms with van der Waals surface area (Å²) in [5.41, 5.74) is 3.15. The molecule has 0 spiro atoms. The van der Waals surface area contributed by atoms with E-state index in [1.807, 2.05) is 54.6 Å². The lowest BCUT2D eigenvalue weighted by Gasteiger charge is -2.33. The first-order valence-corrected chi connectivity index (χ1v) is 11.0. The minimum Gasteiger partial charge on any atom is -0.497 e. The van der Waals surface area contributed by atoms with Crippen molar-refractivity contribution in [1.29, 1.82) is 0 Å². The Balaban J connectivity index is 1.32. The molecular formula is C25H30N4O2. The number of ether oxygens (including phenoxy) is 1. The Hall–Kier alpha value is -3.28. The van der Waals surface area contributed by atoms with Gasteiger partial charge in [-0.05, 0) is 54.7 Å². The van der Waals surface area contributed by atoms with Gasteiger partial charge in [0.2, 0.25) is 5.91 Å². The Morgan fingerprint density at radius 3 is 2.52 bits per heavy atom. The van der Waals surface area contributed by atoms with E-state index in [0.717, 1.165) is 60.7 Å². The van der Waals surface area contributed by atoms with Crippen LogP contribution in [-0.4, -0.2) is 42.3 Å². The maximum Gasteiger partial charge on any atom is 0.227 e. The second kappa shape index (κ2) is 9.69. The van der Waals surface area contributed by atoms with Gasteiger partial charge in [-0.1, -0.05) is 37.3 Å². The molecule has 6 nitrogen and oxygen atoms in total. The molecule has 0 saturated carbocycles. The first-order valence-electron chi connectivity index (χ1n) is 11.0. The third-order valence-electron chi connectivity index (χ3n) is 6.06. The van der Waals surface area contributed by atoms with Crippen molar-refractivity contribution in [3.63, 3.8) is 0 Å². The molecule has 162 valence electrons. The quantitative estimate of drug-likeness (QED) is 0.598. The smallest absolute Gasteiger partial charge is 0.227 e. The van der Waals surface area contributed by atoms with Gasteiger partial charge in [0.05, 0.1) is 18.7 Å². The number of carbonyl (C=O) groups is 1. The predicted octanol–water partition coefficient (Wildman–Crippen LogP) is 4.36. The lowest BCUT2D eigenvalue weighted by atomic mass is 9.94. The number of piperidine rings is 1. The molecule has 0 aliphatic carbocycles. The maximum atomic E-state index is 12.8. The molecule has 1 atom stereocenters. The summed E-state index contributed by atoms with van der Waals surface area (Å²) in [6.07, 6.45) is 2.64. The molecule has 1 aliphatic heterocycles. The van der Waals surface area contributed by atoms with Crippen LogP contribution in [0.5, 0.6) is 5.75 Å². The van der Waals surface area contributed by atoms with E-state index in [-0.39, 0.29) is 17.9 Å².